The van der Waals surface area contributed by atoms with Gasteiger partial charge < -0.3 is 19.5 Å². The zero-order valence-corrected chi connectivity index (χ0v) is 18.3. The minimum absolute atomic E-state index is 0.209. The number of hydrogen-bond donors (Lipinski definition) is 1. The standard InChI is InChI=1S/C26H22ClN3O2/c1-32-24-11-5-3-8-21(24)28-26(31)30-17-19-7-2-4-9-22(19)29-16-6-10-23(29)25(30)18-12-14-20(27)15-13-18/h2-16,25H,17H2,1H3,(H,28,31)/t25-/m0/s1. The number of amides is 2. The molecule has 6 heteroatoms. The summed E-state index contributed by atoms with van der Waals surface area (Å²) in [6.07, 6.45) is 2.04. The first-order valence-corrected chi connectivity index (χ1v) is 10.7. The second-order valence-corrected chi connectivity index (χ2v) is 8.08. The van der Waals surface area contributed by atoms with Gasteiger partial charge in [0.2, 0.25) is 0 Å². The third kappa shape index (κ3) is 3.61. The number of hydrogen-bond acceptors (Lipinski definition) is 2. The molecule has 1 aromatic heterocycles. The molecule has 0 saturated carbocycles. The number of benzene rings is 3. The maximum absolute atomic E-state index is 13.7. The third-order valence-corrected chi connectivity index (χ3v) is 6.01. The molecule has 2 heterocycles. The van der Waals surface area contributed by atoms with Crippen LogP contribution >= 0.6 is 11.6 Å². The van der Waals surface area contributed by atoms with Crippen molar-refractivity contribution in [3.63, 3.8) is 0 Å². The van der Waals surface area contributed by atoms with E-state index < -0.39 is 0 Å². The Labute approximate surface area is 191 Å². The number of urea groups is 1. The predicted octanol–water partition coefficient (Wildman–Crippen LogP) is 6.28. The number of para-hydroxylation sites is 3. The molecule has 3 aromatic carbocycles. The van der Waals surface area contributed by atoms with Crippen molar-refractivity contribution < 1.29 is 9.53 Å². The fraction of sp³-hybridized carbons (Fsp3) is 0.115. The molecule has 1 aliphatic rings. The highest BCUT2D eigenvalue weighted by atomic mass is 35.5. The van der Waals surface area contributed by atoms with Gasteiger partial charge >= 0.3 is 6.03 Å². The van der Waals surface area contributed by atoms with Gasteiger partial charge in [-0.15, -0.1) is 0 Å². The average molecular weight is 444 g/mol. The number of rotatable bonds is 3. The fourth-order valence-electron chi connectivity index (χ4n) is 4.27. The van der Waals surface area contributed by atoms with E-state index in [4.69, 9.17) is 16.3 Å². The van der Waals surface area contributed by atoms with Crippen LogP contribution in [0.2, 0.25) is 5.02 Å². The zero-order valence-electron chi connectivity index (χ0n) is 17.5. The number of aromatic nitrogens is 1. The Kier molecular flexibility index (Phi) is 5.33. The van der Waals surface area contributed by atoms with Gasteiger partial charge in [0, 0.05) is 16.9 Å². The van der Waals surface area contributed by atoms with Crippen LogP contribution in [0, 0.1) is 0 Å². The van der Waals surface area contributed by atoms with Gasteiger partial charge in [0.25, 0.3) is 0 Å². The second kappa shape index (κ2) is 8.44. The van der Waals surface area contributed by atoms with Crippen molar-refractivity contribution in [2.75, 3.05) is 12.4 Å². The summed E-state index contributed by atoms with van der Waals surface area (Å²) in [4.78, 5) is 15.6. The van der Waals surface area contributed by atoms with Gasteiger partial charge in [-0.25, -0.2) is 4.79 Å². The lowest BCUT2D eigenvalue weighted by molar-refractivity contribution is 0.194. The van der Waals surface area contributed by atoms with Crippen LogP contribution in [0.4, 0.5) is 10.5 Å². The lowest BCUT2D eigenvalue weighted by Gasteiger charge is -2.31. The van der Waals surface area contributed by atoms with Crippen LogP contribution in [0.1, 0.15) is 22.9 Å². The Bertz CT molecular complexity index is 1270. The first-order valence-electron chi connectivity index (χ1n) is 10.4. The van der Waals surface area contributed by atoms with E-state index in [1.54, 1.807) is 7.11 Å². The Morgan fingerprint density at radius 3 is 2.53 bits per heavy atom. The molecular formula is C26H22ClN3O2. The van der Waals surface area contributed by atoms with Gasteiger partial charge in [-0.1, -0.05) is 54.1 Å². The van der Waals surface area contributed by atoms with Gasteiger partial charge in [-0.05, 0) is 53.6 Å². The maximum atomic E-state index is 13.7. The number of nitrogens with zero attached hydrogens (tertiary/aromatic N) is 2. The number of methoxy groups -OCH3 is 1. The molecule has 5 rings (SSSR count). The molecule has 2 amide bonds. The van der Waals surface area contributed by atoms with Crippen LogP contribution in [0.15, 0.2) is 91.1 Å². The minimum Gasteiger partial charge on any atom is -0.495 e. The number of nitrogens with one attached hydrogen (secondary N) is 1. The van der Waals surface area contributed by atoms with E-state index in [0.717, 1.165) is 22.5 Å². The lowest BCUT2D eigenvalue weighted by Crippen LogP contribution is -2.38. The highest BCUT2D eigenvalue weighted by Crippen LogP contribution is 2.37. The van der Waals surface area contributed by atoms with E-state index in [1.165, 1.54) is 0 Å². The van der Waals surface area contributed by atoms with Crippen molar-refractivity contribution in [3.05, 3.63) is 113 Å². The van der Waals surface area contributed by atoms with Crippen LogP contribution in [0.5, 0.6) is 5.75 Å². The molecule has 0 unspecified atom stereocenters. The van der Waals surface area contributed by atoms with Crippen LogP contribution in [-0.2, 0) is 6.54 Å². The summed E-state index contributed by atoms with van der Waals surface area (Å²) in [6, 6.07) is 26.8. The van der Waals surface area contributed by atoms with E-state index in [1.807, 2.05) is 77.8 Å². The average Bonchev–Trinajstić information content (AvgIpc) is 3.24. The van der Waals surface area contributed by atoms with Crippen molar-refractivity contribution in [3.8, 4) is 11.4 Å². The fourth-order valence-corrected chi connectivity index (χ4v) is 4.40. The quantitative estimate of drug-likeness (QED) is 0.405. The Hall–Kier alpha value is -3.70. The van der Waals surface area contributed by atoms with Gasteiger partial charge in [-0.3, -0.25) is 0 Å². The molecule has 0 spiro atoms. The summed E-state index contributed by atoms with van der Waals surface area (Å²) >= 11 is 6.16. The minimum atomic E-state index is -0.302. The van der Waals surface area contributed by atoms with Gasteiger partial charge in [-0.2, -0.15) is 0 Å². The summed E-state index contributed by atoms with van der Waals surface area (Å²) < 4.78 is 7.59. The monoisotopic (exact) mass is 443 g/mol. The Morgan fingerprint density at radius 1 is 0.969 bits per heavy atom. The topological polar surface area (TPSA) is 46.5 Å². The van der Waals surface area contributed by atoms with E-state index in [-0.39, 0.29) is 12.1 Å². The summed E-state index contributed by atoms with van der Waals surface area (Å²) in [5, 5.41) is 3.71. The molecule has 1 atom stereocenters. The van der Waals surface area contributed by atoms with Gasteiger partial charge in [0.05, 0.1) is 31.1 Å². The van der Waals surface area contributed by atoms with E-state index in [9.17, 15) is 4.79 Å². The molecule has 5 nitrogen and oxygen atoms in total. The van der Waals surface area contributed by atoms with E-state index in [2.05, 4.69) is 28.1 Å². The number of fused-ring (bicyclic) bond motifs is 3. The summed E-state index contributed by atoms with van der Waals surface area (Å²) in [5.74, 6) is 0.613. The van der Waals surface area contributed by atoms with Gasteiger partial charge in [0.1, 0.15) is 5.75 Å². The number of ether oxygens (including phenoxy) is 1. The molecule has 0 aliphatic carbocycles. The molecule has 1 N–H and O–H groups in total. The number of anilines is 1. The molecule has 0 bridgehead atoms. The number of carbonyl (C=O) groups is 1. The van der Waals surface area contributed by atoms with Gasteiger partial charge in [0.15, 0.2) is 0 Å². The molecule has 1 aliphatic heterocycles. The zero-order chi connectivity index (χ0) is 22.1. The van der Waals surface area contributed by atoms with Crippen LogP contribution in [-0.4, -0.2) is 22.6 Å². The molecule has 4 aromatic rings. The van der Waals surface area contributed by atoms with Crippen molar-refractivity contribution in [2.24, 2.45) is 0 Å². The molecule has 32 heavy (non-hydrogen) atoms. The molecule has 0 fully saturated rings. The molecular weight excluding hydrogens is 422 g/mol. The first kappa shape index (κ1) is 20.2. The predicted molar refractivity (Wildman–Crippen MR) is 127 cm³/mol. The van der Waals surface area contributed by atoms with Crippen molar-refractivity contribution in [2.45, 2.75) is 12.6 Å². The SMILES string of the molecule is COc1ccccc1NC(=O)N1Cc2ccccc2-n2cccc2[C@@H]1c1ccc(Cl)cc1. The van der Waals surface area contributed by atoms with Crippen LogP contribution < -0.4 is 10.1 Å². The summed E-state index contributed by atoms with van der Waals surface area (Å²) in [5.41, 5.74) is 4.75. The third-order valence-electron chi connectivity index (χ3n) is 5.76. The van der Waals surface area contributed by atoms with Crippen molar-refractivity contribution in [1.82, 2.24) is 9.47 Å². The highest BCUT2D eigenvalue weighted by molar-refractivity contribution is 6.30. The second-order valence-electron chi connectivity index (χ2n) is 7.64. The van der Waals surface area contributed by atoms with E-state index >= 15 is 0 Å². The molecule has 0 saturated heterocycles. The van der Waals surface area contributed by atoms with Crippen molar-refractivity contribution in [1.29, 1.82) is 0 Å². The van der Waals surface area contributed by atoms with E-state index in [0.29, 0.717) is 23.0 Å². The maximum Gasteiger partial charge on any atom is 0.323 e. The summed E-state index contributed by atoms with van der Waals surface area (Å²) in [6.45, 7) is 0.451. The summed E-state index contributed by atoms with van der Waals surface area (Å²) in [7, 11) is 1.59. The van der Waals surface area contributed by atoms with Crippen LogP contribution in [0.25, 0.3) is 5.69 Å². The highest BCUT2D eigenvalue weighted by Gasteiger charge is 2.33. The van der Waals surface area contributed by atoms with Crippen LogP contribution in [0.3, 0.4) is 0 Å². The first-order chi connectivity index (χ1) is 15.7. The molecule has 160 valence electrons. The number of carbonyl (C=O) groups excluding carboxylic acids is 1. The lowest BCUT2D eigenvalue weighted by atomic mass is 10.0. The largest absolute Gasteiger partial charge is 0.495 e. The normalized spacial score (nSPS) is 14.8. The number of halogens is 1. The Balaban J connectivity index is 1.63. The Morgan fingerprint density at radius 2 is 1.72 bits per heavy atom. The smallest absolute Gasteiger partial charge is 0.323 e. The van der Waals surface area contributed by atoms with Crippen molar-refractivity contribution >= 4 is 23.3 Å². The molecule has 0 radical (unpaired) electrons.